The quantitative estimate of drug-likeness (QED) is 0.848. The maximum absolute atomic E-state index is 4.50. The Kier molecular flexibility index (Phi) is 3.27. The predicted molar refractivity (Wildman–Crippen MR) is 67.0 cm³/mol. The Balaban J connectivity index is 2.21. The molecule has 0 atom stereocenters. The Hall–Kier alpha value is -1.32. The lowest BCUT2D eigenvalue weighted by molar-refractivity contribution is 0.645. The largest absolute Gasteiger partial charge is 0.357 e. The minimum Gasteiger partial charge on any atom is -0.357 e. The van der Waals surface area contributed by atoms with Crippen LogP contribution in [-0.2, 0) is 0 Å². The molecule has 1 aromatic rings. The molecule has 1 heterocycles. The predicted octanol–water partition coefficient (Wildman–Crippen LogP) is 2.21. The van der Waals surface area contributed by atoms with Crippen LogP contribution < -0.4 is 10.2 Å². The van der Waals surface area contributed by atoms with Gasteiger partial charge in [-0.2, -0.15) is 4.98 Å². The van der Waals surface area contributed by atoms with E-state index in [0.717, 1.165) is 11.5 Å². The fourth-order valence-corrected chi connectivity index (χ4v) is 2.32. The van der Waals surface area contributed by atoms with Gasteiger partial charge in [-0.25, -0.2) is 4.98 Å². The van der Waals surface area contributed by atoms with Crippen molar-refractivity contribution in [1.82, 2.24) is 9.97 Å². The van der Waals surface area contributed by atoms with E-state index in [0.29, 0.717) is 12.0 Å². The van der Waals surface area contributed by atoms with E-state index in [1.54, 1.807) is 0 Å². The van der Waals surface area contributed by atoms with Crippen molar-refractivity contribution in [3.8, 4) is 0 Å². The van der Waals surface area contributed by atoms with Crippen molar-refractivity contribution in [1.29, 1.82) is 0 Å². The van der Waals surface area contributed by atoms with Crippen LogP contribution in [0.4, 0.5) is 11.8 Å². The molecule has 0 saturated heterocycles. The first kappa shape index (κ1) is 11.2. The molecule has 16 heavy (non-hydrogen) atoms. The van der Waals surface area contributed by atoms with Crippen LogP contribution in [0.2, 0.25) is 0 Å². The SMILES string of the molecule is CNc1nc(C)cc(N(C)C2CCCC2)n1. The van der Waals surface area contributed by atoms with Gasteiger partial charge in [0.1, 0.15) is 5.82 Å². The lowest BCUT2D eigenvalue weighted by atomic mass is 10.2. The Bertz CT molecular complexity index is 358. The van der Waals surface area contributed by atoms with Gasteiger partial charge in [0, 0.05) is 31.9 Å². The molecule has 0 aliphatic heterocycles. The standard InChI is InChI=1S/C12H20N4/c1-9-8-11(15-12(13-2)14-9)16(3)10-6-4-5-7-10/h8,10H,4-7H2,1-3H3,(H,13,14,15). The highest BCUT2D eigenvalue weighted by molar-refractivity contribution is 5.44. The minimum absolute atomic E-state index is 0.652. The lowest BCUT2D eigenvalue weighted by Gasteiger charge is -2.25. The van der Waals surface area contributed by atoms with E-state index < -0.39 is 0 Å². The Morgan fingerprint density at radius 3 is 2.62 bits per heavy atom. The summed E-state index contributed by atoms with van der Waals surface area (Å²) in [4.78, 5) is 11.1. The van der Waals surface area contributed by atoms with Crippen molar-refractivity contribution in [2.75, 3.05) is 24.3 Å². The molecule has 1 saturated carbocycles. The summed E-state index contributed by atoms with van der Waals surface area (Å²) in [6.07, 6.45) is 5.26. The summed E-state index contributed by atoms with van der Waals surface area (Å²) in [7, 11) is 3.99. The summed E-state index contributed by atoms with van der Waals surface area (Å²) in [5.41, 5.74) is 1.01. The second-order valence-corrected chi connectivity index (χ2v) is 4.49. The first-order chi connectivity index (χ1) is 7.70. The first-order valence-electron chi connectivity index (χ1n) is 5.97. The smallest absolute Gasteiger partial charge is 0.224 e. The lowest BCUT2D eigenvalue weighted by Crippen LogP contribution is -2.29. The van der Waals surface area contributed by atoms with Gasteiger partial charge in [-0.3, -0.25) is 0 Å². The Morgan fingerprint density at radius 2 is 2.00 bits per heavy atom. The maximum atomic E-state index is 4.50. The first-order valence-corrected chi connectivity index (χ1v) is 5.97. The molecule has 0 aromatic carbocycles. The van der Waals surface area contributed by atoms with Crippen molar-refractivity contribution in [2.24, 2.45) is 0 Å². The molecule has 0 amide bonds. The monoisotopic (exact) mass is 220 g/mol. The molecule has 4 heteroatoms. The van der Waals surface area contributed by atoms with Crippen LogP contribution >= 0.6 is 0 Å². The minimum atomic E-state index is 0.652. The van der Waals surface area contributed by atoms with Crippen molar-refractivity contribution in [3.63, 3.8) is 0 Å². The average Bonchev–Trinajstić information content (AvgIpc) is 2.80. The van der Waals surface area contributed by atoms with Crippen LogP contribution in [0.3, 0.4) is 0 Å². The third-order valence-corrected chi connectivity index (χ3v) is 3.30. The second kappa shape index (κ2) is 4.68. The van der Waals surface area contributed by atoms with Gasteiger partial charge in [-0.1, -0.05) is 12.8 Å². The third kappa shape index (κ3) is 2.26. The number of hydrogen-bond acceptors (Lipinski definition) is 4. The Morgan fingerprint density at radius 1 is 1.31 bits per heavy atom. The molecule has 0 spiro atoms. The van der Waals surface area contributed by atoms with Crippen LogP contribution in [0.15, 0.2) is 6.07 Å². The van der Waals surface area contributed by atoms with E-state index in [4.69, 9.17) is 0 Å². The number of rotatable bonds is 3. The van der Waals surface area contributed by atoms with Crippen LogP contribution in [0.5, 0.6) is 0 Å². The van der Waals surface area contributed by atoms with E-state index in [9.17, 15) is 0 Å². The molecule has 1 aliphatic rings. The molecule has 0 bridgehead atoms. The second-order valence-electron chi connectivity index (χ2n) is 4.49. The van der Waals surface area contributed by atoms with Gasteiger partial charge in [0.05, 0.1) is 0 Å². The Labute approximate surface area is 97.1 Å². The van der Waals surface area contributed by atoms with Crippen LogP contribution in [-0.4, -0.2) is 30.1 Å². The van der Waals surface area contributed by atoms with Gasteiger partial charge in [-0.15, -0.1) is 0 Å². The van der Waals surface area contributed by atoms with Crippen molar-refractivity contribution >= 4 is 11.8 Å². The maximum Gasteiger partial charge on any atom is 0.224 e. The summed E-state index contributed by atoms with van der Waals surface area (Å²) in [6, 6.07) is 2.71. The normalized spacial score (nSPS) is 16.4. The van der Waals surface area contributed by atoms with Gasteiger partial charge in [-0.05, 0) is 19.8 Å². The van der Waals surface area contributed by atoms with E-state index in [1.807, 2.05) is 14.0 Å². The number of hydrogen-bond donors (Lipinski definition) is 1. The van der Waals surface area contributed by atoms with Gasteiger partial charge in [0.15, 0.2) is 0 Å². The van der Waals surface area contributed by atoms with Gasteiger partial charge in [0.25, 0.3) is 0 Å². The van der Waals surface area contributed by atoms with E-state index in [-0.39, 0.29) is 0 Å². The van der Waals surface area contributed by atoms with Gasteiger partial charge >= 0.3 is 0 Å². The molecule has 1 aliphatic carbocycles. The number of nitrogens with zero attached hydrogens (tertiary/aromatic N) is 3. The highest BCUT2D eigenvalue weighted by atomic mass is 15.2. The summed E-state index contributed by atoms with van der Waals surface area (Å²) in [5.74, 6) is 1.74. The molecule has 1 N–H and O–H groups in total. The van der Waals surface area contributed by atoms with E-state index in [1.165, 1.54) is 25.7 Å². The summed E-state index contributed by atoms with van der Waals surface area (Å²) < 4.78 is 0. The fourth-order valence-electron chi connectivity index (χ4n) is 2.32. The molecular formula is C12H20N4. The summed E-state index contributed by atoms with van der Waals surface area (Å²) >= 11 is 0. The number of aryl methyl sites for hydroxylation is 1. The molecule has 1 aromatic heterocycles. The molecule has 0 unspecified atom stereocenters. The number of aromatic nitrogens is 2. The zero-order valence-electron chi connectivity index (χ0n) is 10.3. The third-order valence-electron chi connectivity index (χ3n) is 3.30. The number of anilines is 2. The molecule has 1 fully saturated rings. The van der Waals surface area contributed by atoms with Crippen molar-refractivity contribution in [3.05, 3.63) is 11.8 Å². The van der Waals surface area contributed by atoms with E-state index in [2.05, 4.69) is 33.3 Å². The average molecular weight is 220 g/mol. The van der Waals surface area contributed by atoms with Crippen molar-refractivity contribution in [2.45, 2.75) is 38.6 Å². The summed E-state index contributed by atoms with van der Waals surface area (Å²) in [6.45, 7) is 2.01. The zero-order valence-corrected chi connectivity index (χ0v) is 10.3. The fraction of sp³-hybridized carbons (Fsp3) is 0.667. The molecule has 0 radical (unpaired) electrons. The van der Waals surface area contributed by atoms with E-state index >= 15 is 0 Å². The van der Waals surface area contributed by atoms with Crippen LogP contribution in [0, 0.1) is 6.92 Å². The highest BCUT2D eigenvalue weighted by Gasteiger charge is 2.21. The van der Waals surface area contributed by atoms with Gasteiger partial charge in [0.2, 0.25) is 5.95 Å². The topological polar surface area (TPSA) is 41.1 Å². The molecule has 88 valence electrons. The highest BCUT2D eigenvalue weighted by Crippen LogP contribution is 2.26. The van der Waals surface area contributed by atoms with Crippen LogP contribution in [0.1, 0.15) is 31.4 Å². The molecular weight excluding hydrogens is 200 g/mol. The summed E-state index contributed by atoms with van der Waals surface area (Å²) in [5, 5.41) is 3.00. The molecule has 2 rings (SSSR count). The van der Waals surface area contributed by atoms with Gasteiger partial charge < -0.3 is 10.2 Å². The number of nitrogens with one attached hydrogen (secondary N) is 1. The molecule has 4 nitrogen and oxygen atoms in total. The zero-order chi connectivity index (χ0) is 11.5. The van der Waals surface area contributed by atoms with Crippen molar-refractivity contribution < 1.29 is 0 Å². The van der Waals surface area contributed by atoms with Crippen LogP contribution in [0.25, 0.3) is 0 Å².